The Morgan fingerprint density at radius 1 is 1.07 bits per heavy atom. The monoisotopic (exact) mass is 189 g/mol. The summed E-state index contributed by atoms with van der Waals surface area (Å²) < 4.78 is 0. The fraction of sp³-hybridized carbons (Fsp3) is 0. The van der Waals surface area contributed by atoms with Crippen LogP contribution >= 0.6 is 0 Å². The van der Waals surface area contributed by atoms with E-state index >= 15 is 0 Å². The molecule has 0 heterocycles. The van der Waals surface area contributed by atoms with Gasteiger partial charge in [-0.1, -0.05) is 12.1 Å². The van der Waals surface area contributed by atoms with Crippen molar-refractivity contribution in [3.05, 3.63) is 46.5 Å². The minimum Gasteiger partial charge on any atom is -0.325 e. The largest absolute Gasteiger partial charge is 0.325 e. The van der Waals surface area contributed by atoms with Crippen molar-refractivity contribution in [2.45, 2.75) is 0 Å². The van der Waals surface area contributed by atoms with Gasteiger partial charge in [0.15, 0.2) is 0 Å². The Labute approximate surface area is 80.1 Å². The average molecular weight is 189 g/mol. The Bertz CT molecular complexity index is 508. The summed E-state index contributed by atoms with van der Waals surface area (Å²) in [5.41, 5.74) is 4.77. The summed E-state index contributed by atoms with van der Waals surface area (Å²) in [6.45, 7) is 0. The fourth-order valence-corrected chi connectivity index (χ4v) is 1.50. The molecule has 4 nitrogen and oxygen atoms in total. The minimum atomic E-state index is -0.373. The smallest absolute Gasteiger partial charge is 0.277 e. The van der Waals surface area contributed by atoms with Gasteiger partial charge in [0, 0.05) is 17.5 Å². The lowest BCUT2D eigenvalue weighted by Gasteiger charge is -1.99. The second kappa shape index (κ2) is 3.08. The fourth-order valence-electron chi connectivity index (χ4n) is 1.50. The third-order valence-corrected chi connectivity index (χ3v) is 2.19. The number of nitrogens with zero attached hydrogens (tertiary/aromatic N) is 1. The zero-order chi connectivity index (χ0) is 10.1. The molecule has 0 radical (unpaired) electrons. The molecule has 0 aliphatic carbocycles. The number of hydrogen-bond acceptors (Lipinski definition) is 2. The molecular formula is C10H9N2O2+. The molecule has 3 N–H and O–H groups in total. The lowest BCUT2D eigenvalue weighted by molar-refractivity contribution is -0.383. The molecular weight excluding hydrogens is 180 g/mol. The molecule has 2 aromatic carbocycles. The van der Waals surface area contributed by atoms with Crippen LogP contribution in [0.15, 0.2) is 36.4 Å². The topological polar surface area (TPSA) is 70.8 Å². The maximum absolute atomic E-state index is 10.7. The lowest BCUT2D eigenvalue weighted by atomic mass is 10.1. The predicted octanol–water partition coefficient (Wildman–Crippen LogP) is 1.62. The summed E-state index contributed by atoms with van der Waals surface area (Å²) in [5.74, 6) is 0. The molecule has 0 fully saturated rings. The van der Waals surface area contributed by atoms with Crippen LogP contribution in [-0.2, 0) is 0 Å². The van der Waals surface area contributed by atoms with Crippen LogP contribution in [0.3, 0.4) is 0 Å². The van der Waals surface area contributed by atoms with Crippen molar-refractivity contribution >= 4 is 22.1 Å². The third kappa shape index (κ3) is 1.22. The van der Waals surface area contributed by atoms with E-state index in [1.54, 1.807) is 18.2 Å². The van der Waals surface area contributed by atoms with Crippen LogP contribution < -0.4 is 5.73 Å². The van der Waals surface area contributed by atoms with E-state index in [4.69, 9.17) is 0 Å². The van der Waals surface area contributed by atoms with Crippen LogP contribution in [-0.4, -0.2) is 4.92 Å². The van der Waals surface area contributed by atoms with Gasteiger partial charge >= 0.3 is 0 Å². The van der Waals surface area contributed by atoms with Gasteiger partial charge in [0.2, 0.25) is 0 Å². The maximum Gasteiger partial charge on any atom is 0.277 e. The van der Waals surface area contributed by atoms with Crippen molar-refractivity contribution in [3.8, 4) is 0 Å². The van der Waals surface area contributed by atoms with E-state index in [9.17, 15) is 10.1 Å². The van der Waals surface area contributed by atoms with Crippen LogP contribution in [0.5, 0.6) is 0 Å². The second-order valence-electron chi connectivity index (χ2n) is 3.05. The van der Waals surface area contributed by atoms with Crippen LogP contribution in [0.25, 0.3) is 10.8 Å². The number of rotatable bonds is 1. The van der Waals surface area contributed by atoms with E-state index in [2.05, 4.69) is 5.73 Å². The molecule has 0 bridgehead atoms. The van der Waals surface area contributed by atoms with E-state index < -0.39 is 0 Å². The van der Waals surface area contributed by atoms with Gasteiger partial charge in [-0.25, -0.2) is 0 Å². The molecule has 14 heavy (non-hydrogen) atoms. The molecule has 0 amide bonds. The van der Waals surface area contributed by atoms with E-state index in [-0.39, 0.29) is 10.6 Å². The van der Waals surface area contributed by atoms with Gasteiger partial charge in [0.25, 0.3) is 5.69 Å². The summed E-state index contributed by atoms with van der Waals surface area (Å²) in [6.07, 6.45) is 0. The number of non-ortho nitro benzene ring substituents is 1. The first-order valence-corrected chi connectivity index (χ1v) is 4.18. The summed E-state index contributed by atoms with van der Waals surface area (Å²) in [7, 11) is 0. The first-order valence-electron chi connectivity index (χ1n) is 4.18. The maximum atomic E-state index is 10.7. The van der Waals surface area contributed by atoms with Gasteiger partial charge in [-0.05, 0) is 12.1 Å². The number of nitro benzene ring substituents is 1. The average Bonchev–Trinajstić information content (AvgIpc) is 2.18. The van der Waals surface area contributed by atoms with E-state index in [1.165, 1.54) is 6.07 Å². The molecule has 0 aliphatic heterocycles. The second-order valence-corrected chi connectivity index (χ2v) is 3.05. The summed E-state index contributed by atoms with van der Waals surface area (Å²) in [6, 6.07) is 10.4. The van der Waals surface area contributed by atoms with Crippen LogP contribution in [0.1, 0.15) is 0 Å². The van der Waals surface area contributed by atoms with Crippen molar-refractivity contribution in [1.82, 2.24) is 0 Å². The van der Waals surface area contributed by atoms with Gasteiger partial charge in [0.05, 0.1) is 10.3 Å². The highest BCUT2D eigenvalue weighted by atomic mass is 16.6. The highest BCUT2D eigenvalue weighted by Crippen LogP contribution is 2.28. The van der Waals surface area contributed by atoms with E-state index in [0.717, 1.165) is 11.1 Å². The number of benzene rings is 2. The number of quaternary nitrogens is 1. The Balaban J connectivity index is 2.88. The molecule has 0 saturated heterocycles. The van der Waals surface area contributed by atoms with Crippen molar-refractivity contribution < 1.29 is 10.7 Å². The van der Waals surface area contributed by atoms with Crippen molar-refractivity contribution in [3.63, 3.8) is 0 Å². The Kier molecular flexibility index (Phi) is 1.90. The molecule has 0 atom stereocenters. The van der Waals surface area contributed by atoms with Crippen molar-refractivity contribution in [1.29, 1.82) is 0 Å². The predicted molar refractivity (Wildman–Crippen MR) is 53.2 cm³/mol. The normalized spacial score (nSPS) is 10.4. The SMILES string of the molecule is [NH3+]c1ccc([N+](=O)[O-])c2ccccc12. The van der Waals surface area contributed by atoms with Gasteiger partial charge in [-0.15, -0.1) is 0 Å². The number of fused-ring (bicyclic) bond motifs is 1. The first kappa shape index (κ1) is 8.65. The summed E-state index contributed by atoms with van der Waals surface area (Å²) >= 11 is 0. The Morgan fingerprint density at radius 3 is 2.36 bits per heavy atom. The Morgan fingerprint density at radius 2 is 1.71 bits per heavy atom. The molecule has 4 heteroatoms. The quantitative estimate of drug-likeness (QED) is 0.547. The molecule has 0 unspecified atom stereocenters. The highest BCUT2D eigenvalue weighted by molar-refractivity contribution is 5.96. The standard InChI is InChI=1S/C10H8N2O2/c11-9-5-6-10(12(13)14)8-4-2-1-3-7(8)9/h1-6H,11H2/p+1. The molecule has 0 spiro atoms. The van der Waals surface area contributed by atoms with Gasteiger partial charge < -0.3 is 5.73 Å². The molecule has 70 valence electrons. The number of nitro groups is 1. The van der Waals surface area contributed by atoms with E-state index in [1.807, 2.05) is 12.1 Å². The molecule has 2 aromatic rings. The third-order valence-electron chi connectivity index (χ3n) is 2.19. The van der Waals surface area contributed by atoms with Crippen molar-refractivity contribution in [2.75, 3.05) is 0 Å². The molecule has 0 aliphatic rings. The van der Waals surface area contributed by atoms with Crippen LogP contribution in [0.4, 0.5) is 11.4 Å². The molecule has 0 aromatic heterocycles. The van der Waals surface area contributed by atoms with Gasteiger partial charge in [-0.2, -0.15) is 0 Å². The Hall–Kier alpha value is -1.94. The highest BCUT2D eigenvalue weighted by Gasteiger charge is 2.13. The van der Waals surface area contributed by atoms with E-state index in [0.29, 0.717) is 5.39 Å². The van der Waals surface area contributed by atoms with Crippen molar-refractivity contribution in [2.24, 2.45) is 0 Å². The zero-order valence-electron chi connectivity index (χ0n) is 7.43. The minimum absolute atomic E-state index is 0.132. The first-order chi connectivity index (χ1) is 6.70. The summed E-state index contributed by atoms with van der Waals surface area (Å²) in [5, 5.41) is 12.2. The summed E-state index contributed by atoms with van der Waals surface area (Å²) in [4.78, 5) is 10.3. The number of hydrogen-bond donors (Lipinski definition) is 1. The zero-order valence-corrected chi connectivity index (χ0v) is 7.43. The molecule has 0 saturated carbocycles. The van der Waals surface area contributed by atoms with Crippen LogP contribution in [0, 0.1) is 10.1 Å². The van der Waals surface area contributed by atoms with Gasteiger partial charge in [-0.3, -0.25) is 10.1 Å². The lowest BCUT2D eigenvalue weighted by Crippen LogP contribution is -2.40. The van der Waals surface area contributed by atoms with Gasteiger partial charge in [0.1, 0.15) is 5.69 Å². The van der Waals surface area contributed by atoms with Crippen LogP contribution in [0.2, 0.25) is 0 Å². The molecule has 2 rings (SSSR count).